The summed E-state index contributed by atoms with van der Waals surface area (Å²) in [7, 11) is -3.70. The Kier molecular flexibility index (Phi) is 5.98. The smallest absolute Gasteiger partial charge is 0.245 e. The number of hydrogen-bond donors (Lipinski definition) is 2. The van der Waals surface area contributed by atoms with Crippen LogP contribution in [0.25, 0.3) is 11.0 Å². The summed E-state index contributed by atoms with van der Waals surface area (Å²) in [6.07, 6.45) is 3.05. The lowest BCUT2D eigenvalue weighted by Gasteiger charge is -2.36. The van der Waals surface area contributed by atoms with Crippen LogP contribution in [0.15, 0.2) is 47.6 Å². The van der Waals surface area contributed by atoms with Gasteiger partial charge in [0.2, 0.25) is 15.9 Å². The third-order valence-electron chi connectivity index (χ3n) is 5.42. The molecule has 1 fully saturated rings. The second-order valence-corrected chi connectivity index (χ2v) is 9.62. The van der Waals surface area contributed by atoms with Gasteiger partial charge in [0.15, 0.2) is 0 Å². The lowest BCUT2D eigenvalue weighted by molar-refractivity contribution is -0.121. The Balaban J connectivity index is 1.41. The van der Waals surface area contributed by atoms with Crippen molar-refractivity contribution in [3.8, 4) is 0 Å². The molecule has 3 heterocycles. The van der Waals surface area contributed by atoms with E-state index in [2.05, 4.69) is 15.3 Å². The lowest BCUT2D eigenvalue weighted by atomic mass is 10.2. The molecule has 0 bridgehead atoms. The van der Waals surface area contributed by atoms with Crippen molar-refractivity contribution in [2.45, 2.75) is 17.9 Å². The van der Waals surface area contributed by atoms with Crippen molar-refractivity contribution < 1.29 is 17.6 Å². The zero-order valence-corrected chi connectivity index (χ0v) is 18.3. The van der Waals surface area contributed by atoms with Crippen molar-refractivity contribution in [1.82, 2.24) is 19.2 Å². The number of sulfonamides is 1. The molecule has 8 nitrogen and oxygen atoms in total. The van der Waals surface area contributed by atoms with Crippen LogP contribution in [0.1, 0.15) is 6.92 Å². The fourth-order valence-electron chi connectivity index (χ4n) is 3.61. The van der Waals surface area contributed by atoms with E-state index >= 15 is 0 Å². The summed E-state index contributed by atoms with van der Waals surface area (Å²) in [6.45, 7) is 2.93. The highest BCUT2D eigenvalue weighted by Crippen LogP contribution is 2.25. The maximum atomic E-state index is 14.0. The van der Waals surface area contributed by atoms with Gasteiger partial charge in [0.25, 0.3) is 0 Å². The fourth-order valence-corrected chi connectivity index (χ4v) is 5.34. The minimum atomic E-state index is -3.70. The fraction of sp³-hybridized carbons (Fsp3) is 0.300. The van der Waals surface area contributed by atoms with Crippen molar-refractivity contribution in [2.75, 3.05) is 31.5 Å². The zero-order chi connectivity index (χ0) is 22.2. The zero-order valence-electron chi connectivity index (χ0n) is 16.7. The molecule has 4 rings (SSSR count). The Morgan fingerprint density at radius 1 is 1.26 bits per heavy atom. The number of nitrogens with zero attached hydrogens (tertiary/aromatic N) is 3. The molecule has 164 valence electrons. The largest absolute Gasteiger partial charge is 0.345 e. The van der Waals surface area contributed by atoms with Crippen LogP contribution in [0.4, 0.5) is 10.1 Å². The van der Waals surface area contributed by atoms with Crippen molar-refractivity contribution in [3.05, 3.63) is 53.6 Å². The molecule has 31 heavy (non-hydrogen) atoms. The Bertz CT molecular complexity index is 1220. The molecular weight excluding hydrogens is 445 g/mol. The Morgan fingerprint density at radius 2 is 2.00 bits per heavy atom. The van der Waals surface area contributed by atoms with E-state index in [9.17, 15) is 17.6 Å². The highest BCUT2D eigenvalue weighted by Gasteiger charge is 2.33. The number of nitrogens with one attached hydrogen (secondary N) is 2. The van der Waals surface area contributed by atoms with Gasteiger partial charge in [-0.2, -0.15) is 4.31 Å². The summed E-state index contributed by atoms with van der Waals surface area (Å²) in [6, 6.07) is 6.88. The van der Waals surface area contributed by atoms with Crippen LogP contribution in [-0.2, 0) is 14.8 Å². The predicted octanol–water partition coefficient (Wildman–Crippen LogP) is 2.69. The number of H-pyrrole nitrogens is 1. The molecular formula is C20H21ClFN5O3S. The summed E-state index contributed by atoms with van der Waals surface area (Å²) >= 11 is 5.74. The van der Waals surface area contributed by atoms with Crippen molar-refractivity contribution in [2.24, 2.45) is 0 Å². The Morgan fingerprint density at radius 3 is 2.71 bits per heavy atom. The molecule has 2 aromatic heterocycles. The number of halogens is 2. The highest BCUT2D eigenvalue weighted by molar-refractivity contribution is 7.89. The van der Waals surface area contributed by atoms with Crippen molar-refractivity contribution >= 4 is 44.3 Å². The van der Waals surface area contributed by atoms with Gasteiger partial charge in [-0.05, 0) is 37.3 Å². The van der Waals surface area contributed by atoms with Crippen molar-refractivity contribution in [1.29, 1.82) is 0 Å². The van der Waals surface area contributed by atoms with Crippen molar-refractivity contribution in [3.63, 3.8) is 0 Å². The molecule has 0 aliphatic carbocycles. The number of anilines is 1. The highest BCUT2D eigenvalue weighted by atomic mass is 35.5. The number of carbonyl (C=O) groups is 1. The van der Waals surface area contributed by atoms with Crippen LogP contribution in [0, 0.1) is 5.82 Å². The van der Waals surface area contributed by atoms with Gasteiger partial charge in [0.1, 0.15) is 16.4 Å². The van der Waals surface area contributed by atoms with Gasteiger partial charge in [0.05, 0.1) is 11.7 Å². The van der Waals surface area contributed by atoms with E-state index in [1.165, 1.54) is 22.6 Å². The third-order valence-corrected chi connectivity index (χ3v) is 7.59. The van der Waals surface area contributed by atoms with Crippen LogP contribution >= 0.6 is 11.6 Å². The number of hydrogen-bond acceptors (Lipinski definition) is 5. The van der Waals surface area contributed by atoms with Gasteiger partial charge in [-0.3, -0.25) is 9.69 Å². The van der Waals surface area contributed by atoms with E-state index in [1.54, 1.807) is 25.3 Å². The van der Waals surface area contributed by atoms with Gasteiger partial charge >= 0.3 is 0 Å². The number of piperazine rings is 1. The van der Waals surface area contributed by atoms with Gasteiger partial charge in [-0.15, -0.1) is 0 Å². The monoisotopic (exact) mass is 465 g/mol. The number of amides is 1. The van der Waals surface area contributed by atoms with Crippen LogP contribution in [0.5, 0.6) is 0 Å². The van der Waals surface area contributed by atoms with E-state index < -0.39 is 21.9 Å². The molecule has 1 atom stereocenters. The molecule has 1 amide bonds. The quantitative estimate of drug-likeness (QED) is 0.603. The summed E-state index contributed by atoms with van der Waals surface area (Å²) in [4.78, 5) is 21.6. The maximum absolute atomic E-state index is 14.0. The number of carbonyl (C=O) groups excluding carboxylic acids is 1. The van der Waals surface area contributed by atoms with E-state index in [0.717, 1.165) is 6.07 Å². The van der Waals surface area contributed by atoms with Crippen LogP contribution in [0.2, 0.25) is 5.02 Å². The van der Waals surface area contributed by atoms with Gasteiger partial charge in [-0.25, -0.2) is 17.8 Å². The minimum Gasteiger partial charge on any atom is -0.345 e. The van der Waals surface area contributed by atoms with Crippen LogP contribution < -0.4 is 5.32 Å². The number of rotatable bonds is 5. The maximum Gasteiger partial charge on any atom is 0.245 e. The van der Waals surface area contributed by atoms with Crippen LogP contribution in [-0.4, -0.2) is 65.7 Å². The summed E-state index contributed by atoms with van der Waals surface area (Å²) in [5.74, 6) is -0.989. The van der Waals surface area contributed by atoms with E-state index in [-0.39, 0.29) is 34.6 Å². The first-order valence-corrected chi connectivity index (χ1v) is 11.5. The number of aromatic nitrogens is 2. The van der Waals surface area contributed by atoms with Gasteiger partial charge < -0.3 is 10.3 Å². The van der Waals surface area contributed by atoms with E-state index in [4.69, 9.17) is 11.6 Å². The molecule has 0 spiro atoms. The molecule has 1 aliphatic rings. The summed E-state index contributed by atoms with van der Waals surface area (Å²) in [5, 5.41) is 3.35. The SMILES string of the molecule is CC(C(=O)Nc1ccc(Cl)cc1F)N1CCN(S(=O)(=O)c2c[nH]c3ncccc23)CC1. The number of pyridine rings is 1. The molecule has 3 aromatic rings. The molecule has 1 saturated heterocycles. The predicted molar refractivity (Wildman–Crippen MR) is 116 cm³/mol. The number of aromatic amines is 1. The number of benzene rings is 1. The standard InChI is InChI=1S/C20H21ClFN5O3S/c1-13(20(28)25-17-5-4-14(21)11-16(17)22)26-7-9-27(10-8-26)31(29,30)18-12-24-19-15(18)3-2-6-23-19/h2-6,11-13H,7-10H2,1H3,(H,23,24)(H,25,28). The molecule has 1 unspecified atom stereocenters. The molecule has 0 radical (unpaired) electrons. The van der Waals surface area contributed by atoms with Gasteiger partial charge in [0, 0.05) is 49.0 Å². The first-order valence-electron chi connectivity index (χ1n) is 9.69. The second kappa shape index (κ2) is 8.54. The molecule has 1 aromatic carbocycles. The van der Waals surface area contributed by atoms with E-state index in [0.29, 0.717) is 24.1 Å². The Hall–Kier alpha value is -2.53. The summed E-state index contributed by atoms with van der Waals surface area (Å²) in [5.41, 5.74) is 0.565. The lowest BCUT2D eigenvalue weighted by Crippen LogP contribution is -2.53. The first-order chi connectivity index (χ1) is 14.8. The summed E-state index contributed by atoms with van der Waals surface area (Å²) < 4.78 is 41.6. The molecule has 2 N–H and O–H groups in total. The first kappa shape index (κ1) is 21.7. The minimum absolute atomic E-state index is 0.0513. The second-order valence-electron chi connectivity index (χ2n) is 7.28. The van der Waals surface area contributed by atoms with Gasteiger partial charge in [-0.1, -0.05) is 11.6 Å². The van der Waals surface area contributed by atoms with E-state index in [1.807, 2.05) is 4.90 Å². The van der Waals surface area contributed by atoms with Crippen LogP contribution in [0.3, 0.4) is 0 Å². The average molecular weight is 466 g/mol. The molecule has 1 aliphatic heterocycles. The normalized spacial score (nSPS) is 17.0. The Labute approximate surface area is 184 Å². The molecule has 0 saturated carbocycles. The third kappa shape index (κ3) is 4.29. The molecule has 11 heteroatoms. The number of fused-ring (bicyclic) bond motifs is 1. The topological polar surface area (TPSA) is 98.4 Å². The average Bonchev–Trinajstić information content (AvgIpc) is 3.20.